The van der Waals surface area contributed by atoms with E-state index in [9.17, 15) is 4.79 Å². The molecular formula is C20H28N4OS. The third kappa shape index (κ3) is 4.68. The molecule has 0 spiro atoms. The van der Waals surface area contributed by atoms with Crippen molar-refractivity contribution in [3.63, 3.8) is 0 Å². The number of rotatable bonds is 6. The summed E-state index contributed by atoms with van der Waals surface area (Å²) in [7, 11) is 0. The number of likely N-dealkylation sites (tertiary alicyclic amines) is 1. The summed E-state index contributed by atoms with van der Waals surface area (Å²) in [6, 6.07) is 6.69. The van der Waals surface area contributed by atoms with Gasteiger partial charge in [-0.25, -0.2) is 4.98 Å². The fourth-order valence-corrected chi connectivity index (χ4v) is 4.23. The van der Waals surface area contributed by atoms with Crippen LogP contribution in [0.5, 0.6) is 0 Å². The summed E-state index contributed by atoms with van der Waals surface area (Å²) in [5.41, 5.74) is 3.56. The van der Waals surface area contributed by atoms with E-state index in [0.717, 1.165) is 43.3 Å². The van der Waals surface area contributed by atoms with Gasteiger partial charge in [0.15, 0.2) is 5.16 Å². The van der Waals surface area contributed by atoms with Crippen LogP contribution in [0.1, 0.15) is 30.9 Å². The first kappa shape index (κ1) is 19.0. The topological polar surface area (TPSA) is 50.2 Å². The first-order valence-corrected chi connectivity index (χ1v) is 10.3. The number of imidazole rings is 1. The number of thioether (sulfide) groups is 1. The zero-order valence-electron chi connectivity index (χ0n) is 15.9. The summed E-state index contributed by atoms with van der Waals surface area (Å²) in [4.78, 5) is 19.2. The van der Waals surface area contributed by atoms with Gasteiger partial charge >= 0.3 is 0 Å². The quantitative estimate of drug-likeness (QED) is 0.791. The molecular weight excluding hydrogens is 344 g/mol. The minimum Gasteiger partial charge on any atom is -0.353 e. The summed E-state index contributed by atoms with van der Waals surface area (Å²) >= 11 is 1.49. The van der Waals surface area contributed by atoms with Crippen molar-refractivity contribution in [3.05, 3.63) is 41.7 Å². The second-order valence-electron chi connectivity index (χ2n) is 6.93. The van der Waals surface area contributed by atoms with Crippen LogP contribution in [0.15, 0.2) is 35.7 Å². The number of benzene rings is 1. The Bertz CT molecular complexity index is 750. The number of hydrogen-bond acceptors (Lipinski definition) is 4. The average Bonchev–Trinajstić information content (AvgIpc) is 3.09. The Morgan fingerprint density at radius 1 is 1.31 bits per heavy atom. The highest BCUT2D eigenvalue weighted by molar-refractivity contribution is 7.99. The lowest BCUT2D eigenvalue weighted by Crippen LogP contribution is -2.45. The van der Waals surface area contributed by atoms with Gasteiger partial charge < -0.3 is 10.2 Å². The first-order valence-electron chi connectivity index (χ1n) is 9.32. The van der Waals surface area contributed by atoms with E-state index < -0.39 is 0 Å². The molecule has 0 aliphatic carbocycles. The van der Waals surface area contributed by atoms with Gasteiger partial charge in [0.05, 0.1) is 11.4 Å². The molecule has 2 heterocycles. The zero-order chi connectivity index (χ0) is 18.5. The molecule has 1 aliphatic heterocycles. The maximum absolute atomic E-state index is 12.3. The van der Waals surface area contributed by atoms with Gasteiger partial charge in [0, 0.05) is 31.5 Å². The summed E-state index contributed by atoms with van der Waals surface area (Å²) in [5.74, 6) is 0.496. The van der Waals surface area contributed by atoms with Crippen LogP contribution in [0.4, 0.5) is 0 Å². The highest BCUT2D eigenvalue weighted by Crippen LogP contribution is 2.23. The van der Waals surface area contributed by atoms with Crippen LogP contribution in [-0.2, 0) is 4.79 Å². The Hall–Kier alpha value is -1.79. The molecule has 2 aromatic rings. The smallest absolute Gasteiger partial charge is 0.230 e. The summed E-state index contributed by atoms with van der Waals surface area (Å²) < 4.78 is 2.06. The van der Waals surface area contributed by atoms with E-state index in [0.29, 0.717) is 11.8 Å². The van der Waals surface area contributed by atoms with Gasteiger partial charge in [0.25, 0.3) is 0 Å². The number of hydrogen-bond donors (Lipinski definition) is 1. The molecule has 1 aromatic carbocycles. The van der Waals surface area contributed by atoms with Gasteiger partial charge in [0.1, 0.15) is 0 Å². The van der Waals surface area contributed by atoms with Crippen molar-refractivity contribution >= 4 is 17.7 Å². The number of aryl methyl sites for hydroxylation is 2. The Balaban J connectivity index is 1.56. The molecule has 1 aliphatic rings. The van der Waals surface area contributed by atoms with E-state index in [-0.39, 0.29) is 5.91 Å². The second kappa shape index (κ2) is 8.73. The minimum atomic E-state index is 0.0973. The van der Waals surface area contributed by atoms with E-state index in [2.05, 4.69) is 58.7 Å². The molecule has 0 radical (unpaired) electrons. The van der Waals surface area contributed by atoms with Crippen molar-refractivity contribution in [2.24, 2.45) is 0 Å². The van der Waals surface area contributed by atoms with Crippen LogP contribution in [0.25, 0.3) is 5.69 Å². The van der Waals surface area contributed by atoms with Crippen LogP contribution in [0.3, 0.4) is 0 Å². The second-order valence-corrected chi connectivity index (χ2v) is 7.88. The van der Waals surface area contributed by atoms with Crippen molar-refractivity contribution < 1.29 is 4.79 Å². The monoisotopic (exact) mass is 372 g/mol. The van der Waals surface area contributed by atoms with Gasteiger partial charge in [-0.15, -0.1) is 0 Å². The molecule has 0 unspecified atom stereocenters. The lowest BCUT2D eigenvalue weighted by atomic mass is 10.1. The number of nitrogens with zero attached hydrogens (tertiary/aromatic N) is 3. The van der Waals surface area contributed by atoms with Gasteiger partial charge in [-0.2, -0.15) is 0 Å². The Morgan fingerprint density at radius 3 is 2.77 bits per heavy atom. The molecule has 1 saturated heterocycles. The number of carbonyl (C=O) groups excluding carboxylic acids is 1. The van der Waals surface area contributed by atoms with E-state index in [4.69, 9.17) is 0 Å². The predicted octanol–water partition coefficient (Wildman–Crippen LogP) is 3.18. The number of nitrogens with one attached hydrogen (secondary N) is 1. The van der Waals surface area contributed by atoms with Crippen molar-refractivity contribution in [3.8, 4) is 5.69 Å². The molecule has 5 nitrogen and oxygen atoms in total. The molecule has 3 rings (SSSR count). The molecule has 0 bridgehead atoms. The van der Waals surface area contributed by atoms with Gasteiger partial charge in [-0.05, 0) is 44.9 Å². The standard InChI is InChI=1S/C20H28N4OS/c1-4-23-10-7-17(8-11-23)22-19(25)14-26-20-21-9-12-24(20)18-6-5-15(2)13-16(18)3/h5-6,9,12-13,17H,4,7-8,10-11,14H2,1-3H3,(H,22,25). The van der Waals surface area contributed by atoms with E-state index in [1.807, 2.05) is 6.20 Å². The van der Waals surface area contributed by atoms with Gasteiger partial charge in [-0.3, -0.25) is 9.36 Å². The molecule has 1 N–H and O–H groups in total. The largest absolute Gasteiger partial charge is 0.353 e. The average molecular weight is 373 g/mol. The summed E-state index contributed by atoms with van der Waals surface area (Å²) in [5, 5.41) is 4.04. The Kier molecular flexibility index (Phi) is 6.38. The SMILES string of the molecule is CCN1CCC(NC(=O)CSc2nccn2-c2ccc(C)cc2C)CC1. The molecule has 1 aromatic heterocycles. The number of aromatic nitrogens is 2. The van der Waals surface area contributed by atoms with Crippen molar-refractivity contribution in [2.75, 3.05) is 25.4 Å². The molecule has 1 amide bonds. The van der Waals surface area contributed by atoms with Gasteiger partial charge in [0.2, 0.25) is 5.91 Å². The summed E-state index contributed by atoms with van der Waals surface area (Å²) in [6.45, 7) is 9.63. The highest BCUT2D eigenvalue weighted by atomic mass is 32.2. The molecule has 0 saturated carbocycles. The zero-order valence-corrected chi connectivity index (χ0v) is 16.7. The molecule has 140 valence electrons. The maximum atomic E-state index is 12.3. The molecule has 0 atom stereocenters. The minimum absolute atomic E-state index is 0.0973. The van der Waals surface area contributed by atoms with E-state index in [1.165, 1.54) is 22.9 Å². The Labute approximate surface area is 160 Å². The summed E-state index contributed by atoms with van der Waals surface area (Å²) in [6.07, 6.45) is 5.83. The number of amides is 1. The third-order valence-corrected chi connectivity index (χ3v) is 5.92. The van der Waals surface area contributed by atoms with E-state index >= 15 is 0 Å². The predicted molar refractivity (Wildman–Crippen MR) is 107 cm³/mol. The van der Waals surface area contributed by atoms with E-state index in [1.54, 1.807) is 6.20 Å². The number of piperidine rings is 1. The molecule has 6 heteroatoms. The lowest BCUT2D eigenvalue weighted by molar-refractivity contribution is -0.119. The fraction of sp³-hybridized carbons (Fsp3) is 0.500. The van der Waals surface area contributed by atoms with Crippen LogP contribution < -0.4 is 5.32 Å². The lowest BCUT2D eigenvalue weighted by Gasteiger charge is -2.31. The first-order chi connectivity index (χ1) is 12.6. The maximum Gasteiger partial charge on any atom is 0.230 e. The third-order valence-electron chi connectivity index (χ3n) is 4.95. The van der Waals surface area contributed by atoms with Crippen LogP contribution in [0.2, 0.25) is 0 Å². The highest BCUT2D eigenvalue weighted by Gasteiger charge is 2.20. The normalized spacial score (nSPS) is 16.0. The molecule has 1 fully saturated rings. The van der Waals surface area contributed by atoms with Crippen molar-refractivity contribution in [1.29, 1.82) is 0 Å². The fourth-order valence-electron chi connectivity index (χ4n) is 3.45. The number of carbonyl (C=O) groups is 1. The Morgan fingerprint density at radius 2 is 2.08 bits per heavy atom. The van der Waals surface area contributed by atoms with Crippen LogP contribution >= 0.6 is 11.8 Å². The van der Waals surface area contributed by atoms with Crippen molar-refractivity contribution in [2.45, 2.75) is 44.8 Å². The van der Waals surface area contributed by atoms with Crippen LogP contribution in [-0.4, -0.2) is 51.8 Å². The van der Waals surface area contributed by atoms with Crippen LogP contribution in [0, 0.1) is 13.8 Å². The molecule has 26 heavy (non-hydrogen) atoms. The van der Waals surface area contributed by atoms with Gasteiger partial charge in [-0.1, -0.05) is 36.4 Å². The van der Waals surface area contributed by atoms with Crippen molar-refractivity contribution in [1.82, 2.24) is 19.8 Å².